The van der Waals surface area contributed by atoms with Crippen molar-refractivity contribution in [3.05, 3.63) is 65.5 Å². The van der Waals surface area contributed by atoms with Crippen molar-refractivity contribution in [1.82, 2.24) is 36.6 Å². The molecule has 1 aliphatic heterocycles. The predicted octanol–water partition coefficient (Wildman–Crippen LogP) is 0.246. The van der Waals surface area contributed by atoms with Crippen molar-refractivity contribution in [1.29, 1.82) is 0 Å². The van der Waals surface area contributed by atoms with E-state index in [2.05, 4.69) is 36.6 Å². The summed E-state index contributed by atoms with van der Waals surface area (Å²) in [4.78, 5) is 53.8. The minimum atomic E-state index is -0.857. The highest BCUT2D eigenvalue weighted by Gasteiger charge is 2.39. The van der Waals surface area contributed by atoms with Crippen LogP contribution in [0.1, 0.15) is 37.2 Å². The monoisotopic (exact) mass is 547 g/mol. The molecule has 13 heteroatoms. The van der Waals surface area contributed by atoms with Gasteiger partial charge in [-0.3, -0.25) is 24.1 Å². The number of nitrogens with two attached hydrogens (primary N) is 1. The van der Waals surface area contributed by atoms with Gasteiger partial charge in [0.1, 0.15) is 12.1 Å². The molecule has 2 aromatic carbocycles. The van der Waals surface area contributed by atoms with Crippen molar-refractivity contribution < 1.29 is 19.2 Å². The second-order valence-electron chi connectivity index (χ2n) is 9.73. The van der Waals surface area contributed by atoms with E-state index in [1.165, 1.54) is 4.90 Å². The summed E-state index contributed by atoms with van der Waals surface area (Å²) in [6.45, 7) is 3.44. The molecule has 0 saturated heterocycles. The zero-order chi connectivity index (χ0) is 28.6. The summed E-state index contributed by atoms with van der Waals surface area (Å²) in [6, 6.07) is 12.7. The summed E-state index contributed by atoms with van der Waals surface area (Å²) in [5, 5.41) is 21.6. The molecule has 3 atom stereocenters. The van der Waals surface area contributed by atoms with Gasteiger partial charge in [0.25, 0.3) is 0 Å². The van der Waals surface area contributed by atoms with Gasteiger partial charge in [0, 0.05) is 17.8 Å². The van der Waals surface area contributed by atoms with E-state index in [0.717, 1.165) is 11.1 Å². The predicted molar refractivity (Wildman–Crippen MR) is 146 cm³/mol. The molecule has 6 N–H and O–H groups in total. The fourth-order valence-electron chi connectivity index (χ4n) is 4.57. The number of tetrazole rings is 1. The molecule has 2 heterocycles. The normalized spacial score (nSPS) is 15.6. The van der Waals surface area contributed by atoms with Crippen LogP contribution in [0.3, 0.4) is 0 Å². The summed E-state index contributed by atoms with van der Waals surface area (Å²) < 4.78 is 0. The van der Waals surface area contributed by atoms with Gasteiger partial charge in [-0.2, -0.15) is 5.21 Å². The fraction of sp³-hybridized carbons (Fsp3) is 0.370. The quantitative estimate of drug-likeness (QED) is 0.211. The van der Waals surface area contributed by atoms with Crippen molar-refractivity contribution in [3.8, 4) is 0 Å². The Kier molecular flexibility index (Phi) is 9.04. The first-order chi connectivity index (χ1) is 19.3. The van der Waals surface area contributed by atoms with Gasteiger partial charge in [0.05, 0.1) is 19.5 Å². The minimum Gasteiger partial charge on any atom is -0.399 e. The Morgan fingerprint density at radius 2 is 1.90 bits per heavy atom. The molecule has 40 heavy (non-hydrogen) atoms. The van der Waals surface area contributed by atoms with Crippen LogP contribution >= 0.6 is 0 Å². The number of nitrogens with one attached hydrogen (secondary N) is 4. The maximum absolute atomic E-state index is 13.5. The van der Waals surface area contributed by atoms with Crippen molar-refractivity contribution >= 4 is 35.0 Å². The average Bonchev–Trinajstić information content (AvgIpc) is 3.61. The number of hydrogen-bond acceptors (Lipinski definition) is 8. The Morgan fingerprint density at radius 1 is 1.12 bits per heavy atom. The van der Waals surface area contributed by atoms with Crippen molar-refractivity contribution in [2.75, 3.05) is 17.2 Å². The van der Waals surface area contributed by atoms with Crippen LogP contribution in [0, 0.1) is 5.92 Å². The third kappa shape index (κ3) is 6.79. The molecule has 210 valence electrons. The number of hydrogen-bond donors (Lipinski definition) is 5. The number of amides is 4. The molecule has 1 aromatic heterocycles. The van der Waals surface area contributed by atoms with Crippen LogP contribution in [0.25, 0.3) is 0 Å². The molecule has 13 nitrogen and oxygen atoms in total. The van der Waals surface area contributed by atoms with E-state index in [1.54, 1.807) is 18.2 Å². The molecular weight excluding hydrogens is 514 g/mol. The first-order valence-corrected chi connectivity index (χ1v) is 13.1. The fourth-order valence-corrected chi connectivity index (χ4v) is 4.57. The number of nitrogens with zero attached hydrogens (tertiary/aromatic N) is 4. The van der Waals surface area contributed by atoms with E-state index in [4.69, 9.17) is 5.73 Å². The van der Waals surface area contributed by atoms with Crippen LogP contribution in [-0.4, -0.2) is 62.9 Å². The Balaban J connectivity index is 1.43. The zero-order valence-corrected chi connectivity index (χ0v) is 22.4. The van der Waals surface area contributed by atoms with Gasteiger partial charge in [-0.15, -0.1) is 10.2 Å². The van der Waals surface area contributed by atoms with Gasteiger partial charge in [-0.05, 0) is 29.2 Å². The third-order valence-electron chi connectivity index (χ3n) is 6.91. The highest BCUT2D eigenvalue weighted by Crippen LogP contribution is 2.34. The molecule has 0 radical (unpaired) electrons. The highest BCUT2D eigenvalue weighted by molar-refractivity contribution is 6.05. The van der Waals surface area contributed by atoms with E-state index >= 15 is 0 Å². The summed E-state index contributed by atoms with van der Waals surface area (Å²) in [7, 11) is 0. The first kappa shape index (κ1) is 28.2. The first-order valence-electron chi connectivity index (χ1n) is 13.1. The molecule has 3 aromatic rings. The number of fused-ring (bicyclic) bond motifs is 1. The number of benzene rings is 2. The second kappa shape index (κ2) is 12.8. The van der Waals surface area contributed by atoms with Crippen LogP contribution < -0.4 is 26.6 Å². The molecule has 1 aliphatic rings. The lowest BCUT2D eigenvalue weighted by Gasteiger charge is -2.27. The van der Waals surface area contributed by atoms with Crippen LogP contribution in [0.15, 0.2) is 48.5 Å². The van der Waals surface area contributed by atoms with E-state index < -0.39 is 29.8 Å². The SMILES string of the molecule is CCC(C)C(NC(=O)Cc1ccccc1)C(=O)NCC(=O)N1c2cc(N)ccc2C[C@H]1C(=O)NCc1nn[nH]n1. The largest absolute Gasteiger partial charge is 0.399 e. The summed E-state index contributed by atoms with van der Waals surface area (Å²) in [5.41, 5.74) is 8.52. The van der Waals surface area contributed by atoms with Gasteiger partial charge < -0.3 is 21.7 Å². The molecule has 2 unspecified atom stereocenters. The maximum Gasteiger partial charge on any atom is 0.247 e. The third-order valence-corrected chi connectivity index (χ3v) is 6.91. The number of carbonyl (C=O) groups excluding carboxylic acids is 4. The highest BCUT2D eigenvalue weighted by atomic mass is 16.2. The van der Waals surface area contributed by atoms with Crippen LogP contribution in [0.5, 0.6) is 0 Å². The molecule has 0 aliphatic carbocycles. The van der Waals surface area contributed by atoms with E-state index in [-0.39, 0.29) is 37.8 Å². The van der Waals surface area contributed by atoms with E-state index in [0.29, 0.717) is 23.6 Å². The van der Waals surface area contributed by atoms with Crippen molar-refractivity contribution in [2.45, 2.75) is 51.7 Å². The number of aromatic amines is 1. The smallest absolute Gasteiger partial charge is 0.247 e. The van der Waals surface area contributed by atoms with Crippen LogP contribution in [-0.2, 0) is 38.6 Å². The molecule has 0 saturated carbocycles. The van der Waals surface area contributed by atoms with Crippen molar-refractivity contribution in [3.63, 3.8) is 0 Å². The van der Waals surface area contributed by atoms with Gasteiger partial charge in [0.15, 0.2) is 5.82 Å². The van der Waals surface area contributed by atoms with Crippen molar-refractivity contribution in [2.24, 2.45) is 5.92 Å². The molecular formula is C27H33N9O4. The maximum atomic E-state index is 13.5. The number of rotatable bonds is 11. The molecule has 0 fully saturated rings. The summed E-state index contributed by atoms with van der Waals surface area (Å²) in [6.07, 6.45) is 1.05. The second-order valence-corrected chi connectivity index (χ2v) is 9.73. The number of aromatic nitrogens is 4. The zero-order valence-electron chi connectivity index (χ0n) is 22.4. The number of carbonyl (C=O) groups is 4. The Morgan fingerprint density at radius 3 is 2.60 bits per heavy atom. The number of nitrogen functional groups attached to an aromatic ring is 1. The molecule has 0 spiro atoms. The summed E-state index contributed by atoms with van der Waals surface area (Å²) in [5.74, 6) is -1.55. The van der Waals surface area contributed by atoms with Crippen LogP contribution in [0.2, 0.25) is 0 Å². The molecule has 4 rings (SSSR count). The lowest BCUT2D eigenvalue weighted by atomic mass is 9.98. The van der Waals surface area contributed by atoms with Gasteiger partial charge in [-0.1, -0.05) is 61.9 Å². The molecule has 0 bridgehead atoms. The Bertz CT molecular complexity index is 1350. The van der Waals surface area contributed by atoms with E-state index in [9.17, 15) is 19.2 Å². The van der Waals surface area contributed by atoms with Crippen LogP contribution in [0.4, 0.5) is 11.4 Å². The van der Waals surface area contributed by atoms with Gasteiger partial charge in [-0.25, -0.2) is 0 Å². The topological polar surface area (TPSA) is 188 Å². The van der Waals surface area contributed by atoms with E-state index in [1.807, 2.05) is 44.2 Å². The Hall–Kier alpha value is -4.81. The summed E-state index contributed by atoms with van der Waals surface area (Å²) >= 11 is 0. The van der Waals surface area contributed by atoms with Gasteiger partial charge >= 0.3 is 0 Å². The standard InChI is InChI=1S/C27H33N9O4/c1-3-16(2)25(31-23(37)11-17-7-5-4-6-8-17)27(40)30-15-24(38)36-20-13-19(28)10-9-18(20)12-21(36)26(39)29-14-22-32-34-35-33-22/h4-10,13,16,21,25H,3,11-12,14-15,28H2,1-2H3,(H,29,39)(H,30,40)(H,31,37)(H,32,33,34,35)/t16?,21-,25?/m0/s1. The average molecular weight is 548 g/mol. The lowest BCUT2D eigenvalue weighted by molar-refractivity contribution is -0.131. The number of H-pyrrole nitrogens is 1. The van der Waals surface area contributed by atoms with Gasteiger partial charge in [0.2, 0.25) is 23.6 Å². The minimum absolute atomic E-state index is 0.0301. The number of anilines is 2. The Labute approximate surface area is 231 Å². The molecule has 4 amide bonds. The lowest BCUT2D eigenvalue weighted by Crippen LogP contribution is -2.54.